The molecule has 2 aromatic carbocycles. The summed E-state index contributed by atoms with van der Waals surface area (Å²) in [5.74, 6) is 0.0544. The number of hydrogen-bond acceptors (Lipinski definition) is 8. The molecule has 0 bridgehead atoms. The van der Waals surface area contributed by atoms with Crippen molar-refractivity contribution in [2.24, 2.45) is 0 Å². The lowest BCUT2D eigenvalue weighted by Gasteiger charge is -2.09. The van der Waals surface area contributed by atoms with Crippen molar-refractivity contribution >= 4 is 40.0 Å². The molecule has 0 atom stereocenters. The second-order valence-corrected chi connectivity index (χ2v) is 7.98. The monoisotopic (exact) mass is 517 g/mol. The first-order valence-electron chi connectivity index (χ1n) is 10.2. The number of benzene rings is 2. The SMILES string of the molecule is CC(=O)Nc1ccc(OCCOc2ccc(/C=C(/C#N)C(=O)Nc3nnc(C(F)(F)F)s3)cc2)cc1. The van der Waals surface area contributed by atoms with Crippen LogP contribution in [0.4, 0.5) is 24.0 Å². The number of carbonyl (C=O) groups excluding carboxylic acids is 2. The summed E-state index contributed by atoms with van der Waals surface area (Å²) in [4.78, 5) is 23.3. The number of nitriles is 1. The summed E-state index contributed by atoms with van der Waals surface area (Å²) in [7, 11) is 0. The predicted molar refractivity (Wildman–Crippen MR) is 125 cm³/mol. The van der Waals surface area contributed by atoms with E-state index in [0.717, 1.165) is 0 Å². The number of nitrogens with zero attached hydrogens (tertiary/aromatic N) is 3. The molecule has 186 valence electrons. The Hall–Kier alpha value is -4.44. The quantitative estimate of drug-likeness (QED) is 0.243. The molecular weight excluding hydrogens is 499 g/mol. The topological polar surface area (TPSA) is 126 Å². The number of alkyl halides is 3. The highest BCUT2D eigenvalue weighted by molar-refractivity contribution is 7.15. The third-order valence-electron chi connectivity index (χ3n) is 4.24. The van der Waals surface area contributed by atoms with Crippen LogP contribution in [0.2, 0.25) is 0 Å². The maximum atomic E-state index is 12.6. The molecule has 3 rings (SSSR count). The molecule has 0 saturated carbocycles. The van der Waals surface area contributed by atoms with Crippen molar-refractivity contribution < 1.29 is 32.2 Å². The molecule has 1 heterocycles. The van der Waals surface area contributed by atoms with E-state index in [1.807, 2.05) is 0 Å². The van der Waals surface area contributed by atoms with Gasteiger partial charge in [0, 0.05) is 12.6 Å². The van der Waals surface area contributed by atoms with Crippen LogP contribution in [0.3, 0.4) is 0 Å². The van der Waals surface area contributed by atoms with Gasteiger partial charge in [-0.3, -0.25) is 14.9 Å². The second-order valence-electron chi connectivity index (χ2n) is 7.01. The Morgan fingerprint density at radius 2 is 1.58 bits per heavy atom. The molecule has 1 aromatic heterocycles. The summed E-state index contributed by atoms with van der Waals surface area (Å²) in [6.45, 7) is 1.93. The molecule has 0 saturated heterocycles. The molecule has 0 spiro atoms. The Kier molecular flexibility index (Phi) is 8.58. The molecule has 9 nitrogen and oxygen atoms in total. The fourth-order valence-electron chi connectivity index (χ4n) is 2.69. The van der Waals surface area contributed by atoms with Crippen molar-refractivity contribution in [1.29, 1.82) is 5.26 Å². The number of rotatable bonds is 9. The molecule has 0 radical (unpaired) electrons. The maximum Gasteiger partial charge on any atom is 0.445 e. The van der Waals surface area contributed by atoms with Crippen molar-refractivity contribution in [3.05, 3.63) is 64.7 Å². The van der Waals surface area contributed by atoms with E-state index in [1.54, 1.807) is 54.6 Å². The molecule has 3 aromatic rings. The van der Waals surface area contributed by atoms with Crippen molar-refractivity contribution in [3.8, 4) is 17.6 Å². The largest absolute Gasteiger partial charge is 0.490 e. The number of anilines is 2. The second kappa shape index (κ2) is 11.8. The van der Waals surface area contributed by atoms with Crippen molar-refractivity contribution in [3.63, 3.8) is 0 Å². The summed E-state index contributed by atoms with van der Waals surface area (Å²) in [5.41, 5.74) is 0.830. The first-order chi connectivity index (χ1) is 17.1. The zero-order valence-corrected chi connectivity index (χ0v) is 19.4. The highest BCUT2D eigenvalue weighted by Gasteiger charge is 2.35. The lowest BCUT2D eigenvalue weighted by molar-refractivity contribution is -0.138. The zero-order chi connectivity index (χ0) is 26.1. The number of amides is 2. The number of halogens is 3. The van der Waals surface area contributed by atoms with Crippen LogP contribution in [0.25, 0.3) is 6.08 Å². The Morgan fingerprint density at radius 3 is 2.08 bits per heavy atom. The molecule has 0 unspecified atom stereocenters. The minimum atomic E-state index is -4.68. The number of hydrogen-bond donors (Lipinski definition) is 2. The van der Waals surface area contributed by atoms with E-state index in [9.17, 15) is 28.0 Å². The summed E-state index contributed by atoms with van der Waals surface area (Å²) in [6, 6.07) is 15.0. The summed E-state index contributed by atoms with van der Waals surface area (Å²) < 4.78 is 49.0. The third-order valence-corrected chi connectivity index (χ3v) is 5.12. The fraction of sp³-hybridized carbons (Fsp3) is 0.174. The minimum Gasteiger partial charge on any atom is -0.490 e. The van der Waals surface area contributed by atoms with Crippen molar-refractivity contribution in [2.45, 2.75) is 13.1 Å². The highest BCUT2D eigenvalue weighted by atomic mass is 32.1. The lowest BCUT2D eigenvalue weighted by Crippen LogP contribution is -2.13. The van der Waals surface area contributed by atoms with E-state index in [1.165, 1.54) is 13.0 Å². The van der Waals surface area contributed by atoms with E-state index < -0.39 is 17.1 Å². The number of carbonyl (C=O) groups is 2. The summed E-state index contributed by atoms with van der Waals surface area (Å²) in [6.07, 6.45) is -3.40. The van der Waals surface area contributed by atoms with Crippen molar-refractivity contribution in [1.82, 2.24) is 10.2 Å². The number of nitrogens with one attached hydrogen (secondary N) is 2. The van der Waals surface area contributed by atoms with Crippen LogP contribution in [0, 0.1) is 11.3 Å². The third kappa shape index (κ3) is 7.81. The van der Waals surface area contributed by atoms with Crippen LogP contribution >= 0.6 is 11.3 Å². The molecule has 13 heteroatoms. The zero-order valence-electron chi connectivity index (χ0n) is 18.6. The molecule has 0 fully saturated rings. The molecule has 2 N–H and O–H groups in total. The lowest BCUT2D eigenvalue weighted by atomic mass is 10.1. The fourth-order valence-corrected chi connectivity index (χ4v) is 3.29. The predicted octanol–water partition coefficient (Wildman–Crippen LogP) is 4.52. The van der Waals surface area contributed by atoms with Gasteiger partial charge in [0.1, 0.15) is 36.4 Å². The van der Waals surface area contributed by atoms with E-state index in [0.29, 0.717) is 22.7 Å². The van der Waals surface area contributed by atoms with Crippen LogP contribution in [0.5, 0.6) is 11.5 Å². The molecule has 0 aliphatic heterocycles. The standard InChI is InChI=1S/C23H18F3N5O4S/c1-14(32)28-17-4-8-19(9-5-17)35-11-10-34-18-6-2-15(3-7-18)12-16(13-27)20(33)29-22-31-30-21(36-22)23(24,25)26/h2-9,12H,10-11H2,1H3,(H,28,32)(H,29,31,33)/b16-12-. The van der Waals surface area contributed by atoms with Gasteiger partial charge in [0.25, 0.3) is 5.91 Å². The number of ether oxygens (including phenoxy) is 2. The molecule has 36 heavy (non-hydrogen) atoms. The van der Waals surface area contributed by atoms with Gasteiger partial charge < -0.3 is 14.8 Å². The van der Waals surface area contributed by atoms with Crippen LogP contribution in [-0.2, 0) is 15.8 Å². The van der Waals surface area contributed by atoms with E-state index >= 15 is 0 Å². The van der Waals surface area contributed by atoms with Gasteiger partial charge in [0.15, 0.2) is 0 Å². The summed E-state index contributed by atoms with van der Waals surface area (Å²) in [5, 5.41) is 18.7. The normalized spacial score (nSPS) is 11.4. The summed E-state index contributed by atoms with van der Waals surface area (Å²) >= 11 is 0.157. The highest BCUT2D eigenvalue weighted by Crippen LogP contribution is 2.33. The molecule has 2 amide bonds. The Morgan fingerprint density at radius 1 is 1.00 bits per heavy atom. The molecule has 0 aliphatic rings. The minimum absolute atomic E-state index is 0.157. The van der Waals surface area contributed by atoms with Gasteiger partial charge in [-0.2, -0.15) is 18.4 Å². The van der Waals surface area contributed by atoms with Gasteiger partial charge in [-0.1, -0.05) is 23.5 Å². The first-order valence-corrected chi connectivity index (χ1v) is 11.0. The van der Waals surface area contributed by atoms with E-state index in [4.69, 9.17) is 9.47 Å². The van der Waals surface area contributed by atoms with Crippen LogP contribution in [0.1, 0.15) is 17.5 Å². The maximum absolute atomic E-state index is 12.6. The number of aromatic nitrogens is 2. The van der Waals surface area contributed by atoms with Crippen LogP contribution < -0.4 is 20.1 Å². The Labute approximate surface area is 207 Å². The van der Waals surface area contributed by atoms with Gasteiger partial charge in [-0.25, -0.2) is 0 Å². The Bertz CT molecular complexity index is 1280. The Balaban J connectivity index is 1.49. The van der Waals surface area contributed by atoms with E-state index in [-0.39, 0.29) is 41.2 Å². The van der Waals surface area contributed by atoms with Gasteiger partial charge in [0.2, 0.25) is 16.0 Å². The first kappa shape index (κ1) is 26.2. The van der Waals surface area contributed by atoms with Crippen molar-refractivity contribution in [2.75, 3.05) is 23.8 Å². The van der Waals surface area contributed by atoms with Gasteiger partial charge >= 0.3 is 6.18 Å². The average Bonchev–Trinajstić information content (AvgIpc) is 3.31. The molecular formula is C23H18F3N5O4S. The van der Waals surface area contributed by atoms with Gasteiger partial charge in [0.05, 0.1) is 0 Å². The van der Waals surface area contributed by atoms with Gasteiger partial charge in [-0.05, 0) is 48.0 Å². The van der Waals surface area contributed by atoms with Crippen LogP contribution in [0.15, 0.2) is 54.1 Å². The average molecular weight is 517 g/mol. The van der Waals surface area contributed by atoms with E-state index in [2.05, 4.69) is 20.8 Å². The van der Waals surface area contributed by atoms with Crippen LogP contribution in [-0.4, -0.2) is 35.2 Å². The smallest absolute Gasteiger partial charge is 0.445 e. The van der Waals surface area contributed by atoms with Gasteiger partial charge in [-0.15, -0.1) is 10.2 Å². The molecule has 0 aliphatic carbocycles.